The van der Waals surface area contributed by atoms with Crippen molar-refractivity contribution < 1.29 is 19.1 Å². The summed E-state index contributed by atoms with van der Waals surface area (Å²) in [5.41, 5.74) is -0.748. The number of fused-ring (bicyclic) bond motifs is 2. The Balaban J connectivity index is 2.22. The zero-order valence-electron chi connectivity index (χ0n) is 15.0. The van der Waals surface area contributed by atoms with Crippen LogP contribution in [0, 0.1) is 35.0 Å². The quantitative estimate of drug-likeness (QED) is 0.531. The molecule has 0 aliphatic heterocycles. The molecule has 4 heteroatoms. The standard InChI is InChI=1S/C19H30O4/c1-6-19(18(21)23-11-13(4)5)15-8-7-14(9-15)16(19)17(20)22-10-12(2)3/h7-8,12-16H,6,9-11H2,1-5H3. The van der Waals surface area contributed by atoms with Crippen molar-refractivity contribution in [2.45, 2.75) is 47.5 Å². The Bertz CT molecular complexity index is 480. The Morgan fingerprint density at radius 3 is 2.26 bits per heavy atom. The summed E-state index contributed by atoms with van der Waals surface area (Å²) in [6.45, 7) is 10.8. The predicted molar refractivity (Wildman–Crippen MR) is 88.5 cm³/mol. The van der Waals surface area contributed by atoms with Crippen molar-refractivity contribution in [3.63, 3.8) is 0 Å². The predicted octanol–water partition coefficient (Wildman–Crippen LogP) is 3.60. The highest BCUT2D eigenvalue weighted by Crippen LogP contribution is 2.59. The van der Waals surface area contributed by atoms with E-state index in [1.54, 1.807) is 0 Å². The molecule has 0 spiro atoms. The highest BCUT2D eigenvalue weighted by molar-refractivity contribution is 5.88. The Kier molecular flexibility index (Phi) is 5.53. The van der Waals surface area contributed by atoms with Crippen LogP contribution in [0.4, 0.5) is 0 Å². The van der Waals surface area contributed by atoms with Crippen LogP contribution in [0.15, 0.2) is 12.2 Å². The molecule has 0 amide bonds. The number of hydrogen-bond donors (Lipinski definition) is 0. The van der Waals surface area contributed by atoms with Crippen molar-refractivity contribution in [3.8, 4) is 0 Å². The first-order valence-electron chi connectivity index (χ1n) is 8.85. The van der Waals surface area contributed by atoms with Gasteiger partial charge in [0.05, 0.1) is 24.5 Å². The molecule has 2 aliphatic carbocycles. The molecule has 4 nitrogen and oxygen atoms in total. The molecule has 2 rings (SSSR count). The van der Waals surface area contributed by atoms with Gasteiger partial charge in [-0.2, -0.15) is 0 Å². The summed E-state index contributed by atoms with van der Waals surface area (Å²) in [6.07, 6.45) is 5.63. The smallest absolute Gasteiger partial charge is 0.313 e. The van der Waals surface area contributed by atoms with E-state index in [1.807, 2.05) is 34.6 Å². The first kappa shape index (κ1) is 18.0. The van der Waals surface area contributed by atoms with Crippen LogP contribution >= 0.6 is 0 Å². The third-order valence-corrected chi connectivity index (χ3v) is 5.09. The van der Waals surface area contributed by atoms with E-state index in [0.29, 0.717) is 19.6 Å². The van der Waals surface area contributed by atoms with Crippen molar-refractivity contribution in [2.75, 3.05) is 13.2 Å². The summed E-state index contributed by atoms with van der Waals surface area (Å²) >= 11 is 0. The number of carbonyl (C=O) groups excluding carboxylic acids is 2. The largest absolute Gasteiger partial charge is 0.465 e. The molecule has 0 saturated heterocycles. The van der Waals surface area contributed by atoms with Crippen LogP contribution in [0.3, 0.4) is 0 Å². The second-order valence-electron chi connectivity index (χ2n) is 7.78. The Morgan fingerprint density at radius 1 is 1.09 bits per heavy atom. The molecule has 0 aromatic heterocycles. The molecule has 0 aromatic rings. The van der Waals surface area contributed by atoms with Gasteiger partial charge in [0.15, 0.2) is 0 Å². The lowest BCUT2D eigenvalue weighted by Crippen LogP contribution is -2.47. The van der Waals surface area contributed by atoms with Crippen molar-refractivity contribution in [1.29, 1.82) is 0 Å². The lowest BCUT2D eigenvalue weighted by molar-refractivity contribution is -0.172. The monoisotopic (exact) mass is 322 g/mol. The second-order valence-corrected chi connectivity index (χ2v) is 7.78. The molecular formula is C19H30O4. The fraction of sp³-hybridized carbons (Fsp3) is 0.789. The molecule has 23 heavy (non-hydrogen) atoms. The SMILES string of the molecule is CCC1(C(=O)OCC(C)C)C2C=CC(C2)C1C(=O)OCC(C)C. The van der Waals surface area contributed by atoms with Gasteiger partial charge in [0.1, 0.15) is 0 Å². The normalized spacial score (nSPS) is 31.9. The number of ether oxygens (including phenoxy) is 2. The number of hydrogen-bond acceptors (Lipinski definition) is 4. The molecule has 4 unspecified atom stereocenters. The van der Waals surface area contributed by atoms with Crippen molar-refractivity contribution in [1.82, 2.24) is 0 Å². The molecule has 1 fully saturated rings. The van der Waals surface area contributed by atoms with E-state index >= 15 is 0 Å². The lowest BCUT2D eigenvalue weighted by atomic mass is 9.66. The van der Waals surface area contributed by atoms with E-state index in [0.717, 1.165) is 6.42 Å². The summed E-state index contributed by atoms with van der Waals surface area (Å²) in [4.78, 5) is 25.6. The average Bonchev–Trinajstić information content (AvgIpc) is 3.09. The van der Waals surface area contributed by atoms with Crippen LogP contribution in [-0.2, 0) is 19.1 Å². The third kappa shape index (κ3) is 3.31. The second kappa shape index (κ2) is 7.06. The molecule has 0 radical (unpaired) electrons. The summed E-state index contributed by atoms with van der Waals surface area (Å²) in [7, 11) is 0. The van der Waals surface area contributed by atoms with Gasteiger partial charge in [-0.1, -0.05) is 46.8 Å². The van der Waals surface area contributed by atoms with E-state index in [2.05, 4.69) is 12.2 Å². The molecular weight excluding hydrogens is 292 g/mol. The first-order valence-corrected chi connectivity index (χ1v) is 8.85. The maximum absolute atomic E-state index is 12.9. The summed E-state index contributed by atoms with van der Waals surface area (Å²) < 4.78 is 11.1. The minimum absolute atomic E-state index is 0.0914. The van der Waals surface area contributed by atoms with Gasteiger partial charge in [0.25, 0.3) is 0 Å². The third-order valence-electron chi connectivity index (χ3n) is 5.09. The van der Waals surface area contributed by atoms with Gasteiger partial charge in [0, 0.05) is 0 Å². The molecule has 0 aromatic carbocycles. The zero-order valence-corrected chi connectivity index (χ0v) is 15.0. The summed E-state index contributed by atoms with van der Waals surface area (Å²) in [6, 6.07) is 0. The Labute approximate surface area is 139 Å². The van der Waals surface area contributed by atoms with E-state index in [9.17, 15) is 9.59 Å². The number of allylic oxidation sites excluding steroid dienone is 2. The van der Waals surface area contributed by atoms with Crippen LogP contribution in [-0.4, -0.2) is 25.2 Å². The minimum atomic E-state index is -0.748. The van der Waals surface area contributed by atoms with Gasteiger partial charge in [-0.05, 0) is 36.5 Å². The summed E-state index contributed by atoms with van der Waals surface area (Å²) in [5, 5.41) is 0. The maximum atomic E-state index is 12.9. The minimum Gasteiger partial charge on any atom is -0.465 e. The highest BCUT2D eigenvalue weighted by atomic mass is 16.5. The first-order chi connectivity index (χ1) is 10.8. The van der Waals surface area contributed by atoms with Crippen molar-refractivity contribution in [3.05, 3.63) is 12.2 Å². The Hall–Kier alpha value is -1.32. The van der Waals surface area contributed by atoms with Gasteiger partial charge < -0.3 is 9.47 Å². The van der Waals surface area contributed by atoms with Crippen LogP contribution in [0.1, 0.15) is 47.5 Å². The molecule has 0 heterocycles. The van der Waals surface area contributed by atoms with Gasteiger partial charge in [-0.15, -0.1) is 0 Å². The van der Waals surface area contributed by atoms with Crippen molar-refractivity contribution >= 4 is 11.9 Å². The molecule has 1 saturated carbocycles. The topological polar surface area (TPSA) is 52.6 Å². The maximum Gasteiger partial charge on any atom is 0.313 e. The fourth-order valence-electron chi connectivity index (χ4n) is 3.97. The molecule has 0 N–H and O–H groups in total. The van der Waals surface area contributed by atoms with Gasteiger partial charge in [-0.3, -0.25) is 9.59 Å². The van der Waals surface area contributed by atoms with Crippen LogP contribution < -0.4 is 0 Å². The zero-order chi connectivity index (χ0) is 17.2. The highest BCUT2D eigenvalue weighted by Gasteiger charge is 2.63. The van der Waals surface area contributed by atoms with Crippen LogP contribution in [0.2, 0.25) is 0 Å². The molecule has 2 bridgehead atoms. The molecule has 4 atom stereocenters. The molecule has 130 valence electrons. The average molecular weight is 322 g/mol. The number of carbonyl (C=O) groups is 2. The lowest BCUT2D eigenvalue weighted by Gasteiger charge is -2.37. The van der Waals surface area contributed by atoms with E-state index in [4.69, 9.17) is 9.47 Å². The Morgan fingerprint density at radius 2 is 1.70 bits per heavy atom. The van der Waals surface area contributed by atoms with Gasteiger partial charge in [-0.25, -0.2) is 0 Å². The number of esters is 2. The number of rotatable bonds is 7. The van der Waals surface area contributed by atoms with E-state index < -0.39 is 11.3 Å². The fourth-order valence-corrected chi connectivity index (χ4v) is 3.97. The molecule has 2 aliphatic rings. The van der Waals surface area contributed by atoms with E-state index in [-0.39, 0.29) is 35.6 Å². The summed E-state index contributed by atoms with van der Waals surface area (Å²) in [5.74, 6) is -0.0952. The van der Waals surface area contributed by atoms with Crippen LogP contribution in [0.5, 0.6) is 0 Å². The van der Waals surface area contributed by atoms with E-state index in [1.165, 1.54) is 0 Å². The van der Waals surface area contributed by atoms with Crippen molar-refractivity contribution in [2.24, 2.45) is 35.0 Å². The van der Waals surface area contributed by atoms with Crippen LogP contribution in [0.25, 0.3) is 0 Å². The van der Waals surface area contributed by atoms with Gasteiger partial charge >= 0.3 is 11.9 Å². The van der Waals surface area contributed by atoms with Gasteiger partial charge in [0.2, 0.25) is 0 Å².